The summed E-state index contributed by atoms with van der Waals surface area (Å²) in [5, 5.41) is 9.38. The van der Waals surface area contributed by atoms with Gasteiger partial charge in [-0.1, -0.05) is 36.4 Å². The van der Waals surface area contributed by atoms with E-state index in [4.69, 9.17) is 4.74 Å². The topological polar surface area (TPSA) is 103 Å². The van der Waals surface area contributed by atoms with E-state index >= 15 is 0 Å². The molecule has 0 fully saturated rings. The van der Waals surface area contributed by atoms with E-state index in [1.54, 1.807) is 43.6 Å². The maximum Gasteiger partial charge on any atom is 0.337 e. The number of methoxy groups -OCH3 is 1. The van der Waals surface area contributed by atoms with Crippen LogP contribution in [-0.2, 0) is 11.3 Å². The molecule has 0 unspecified atom stereocenters. The van der Waals surface area contributed by atoms with Gasteiger partial charge in [-0.3, -0.25) is 14.6 Å². The number of carbonyl (C=O) groups excluding carboxylic acids is 2. The summed E-state index contributed by atoms with van der Waals surface area (Å²) in [6, 6.07) is 14.2. The third-order valence-electron chi connectivity index (χ3n) is 5.31. The predicted molar refractivity (Wildman–Crippen MR) is 126 cm³/mol. The first-order valence-electron chi connectivity index (χ1n) is 10.4. The maximum absolute atomic E-state index is 13.2. The van der Waals surface area contributed by atoms with Gasteiger partial charge in [0.15, 0.2) is 5.78 Å². The maximum atomic E-state index is 13.2. The highest BCUT2D eigenvalue weighted by Crippen LogP contribution is 2.30. The summed E-state index contributed by atoms with van der Waals surface area (Å²) in [5.74, 6) is -0.781. The Bertz CT molecular complexity index is 1420. The zero-order valence-electron chi connectivity index (χ0n) is 18.5. The van der Waals surface area contributed by atoms with Crippen molar-refractivity contribution in [3.05, 3.63) is 82.4 Å². The molecule has 4 rings (SSSR count). The van der Waals surface area contributed by atoms with Gasteiger partial charge in [0, 0.05) is 29.1 Å². The smallest absolute Gasteiger partial charge is 0.337 e. The Hall–Kier alpha value is -4.33. The number of rotatable bonds is 6. The Morgan fingerprint density at radius 2 is 1.79 bits per heavy atom. The lowest BCUT2D eigenvalue weighted by Gasteiger charge is -2.17. The number of hydrogen-bond donors (Lipinski definition) is 1. The predicted octanol–water partition coefficient (Wildman–Crippen LogP) is 4.21. The number of carbonyl (C=O) groups is 2. The molecule has 8 nitrogen and oxygen atoms in total. The average Bonchev–Trinajstić information content (AvgIpc) is 2.84. The van der Waals surface area contributed by atoms with Gasteiger partial charge >= 0.3 is 5.97 Å². The highest BCUT2D eigenvalue weighted by Gasteiger charge is 2.23. The molecule has 0 saturated heterocycles. The lowest BCUT2D eigenvalue weighted by Crippen LogP contribution is -2.28. The molecule has 0 aliphatic heterocycles. The van der Waals surface area contributed by atoms with Crippen molar-refractivity contribution in [2.45, 2.75) is 20.4 Å². The van der Waals surface area contributed by atoms with Crippen LogP contribution in [0.3, 0.4) is 0 Å². The first-order chi connectivity index (χ1) is 15.9. The molecule has 2 aromatic heterocycles. The van der Waals surface area contributed by atoms with Gasteiger partial charge in [-0.25, -0.2) is 9.48 Å². The monoisotopic (exact) mass is 442 g/mol. The second-order valence-electron chi connectivity index (χ2n) is 7.38. The van der Waals surface area contributed by atoms with Crippen molar-refractivity contribution in [2.75, 3.05) is 12.4 Å². The highest BCUT2D eigenvalue weighted by atomic mass is 16.5. The van der Waals surface area contributed by atoms with Crippen molar-refractivity contribution >= 4 is 33.9 Å². The van der Waals surface area contributed by atoms with Gasteiger partial charge in [0.05, 0.1) is 30.1 Å². The van der Waals surface area contributed by atoms with Crippen LogP contribution >= 0.6 is 0 Å². The number of ketones is 1. The van der Waals surface area contributed by atoms with E-state index in [2.05, 4.69) is 15.4 Å². The van der Waals surface area contributed by atoms with Crippen LogP contribution in [0.2, 0.25) is 0 Å². The van der Waals surface area contributed by atoms with Gasteiger partial charge in [-0.15, -0.1) is 0 Å². The second kappa shape index (κ2) is 9.04. The fraction of sp³-hybridized carbons (Fsp3) is 0.160. The molecule has 1 N–H and O–H groups in total. The number of anilines is 2. The molecule has 0 aliphatic rings. The summed E-state index contributed by atoms with van der Waals surface area (Å²) in [6.07, 6.45) is 3.35. The molecule has 0 spiro atoms. The van der Waals surface area contributed by atoms with E-state index in [-0.39, 0.29) is 17.0 Å². The van der Waals surface area contributed by atoms with Gasteiger partial charge < -0.3 is 10.1 Å². The number of nitrogens with zero attached hydrogens (tertiary/aromatic N) is 3. The number of ether oxygens (including phenoxy) is 1. The van der Waals surface area contributed by atoms with Crippen LogP contribution in [0, 0.1) is 0 Å². The first kappa shape index (κ1) is 21.9. The number of Topliss-reactive ketones (excluding diaryl/α,β-unsaturated/α-hetero) is 1. The average molecular weight is 442 g/mol. The van der Waals surface area contributed by atoms with E-state index < -0.39 is 11.5 Å². The molecule has 2 heterocycles. The van der Waals surface area contributed by atoms with E-state index in [1.165, 1.54) is 18.7 Å². The van der Waals surface area contributed by atoms with Gasteiger partial charge in [0.25, 0.3) is 5.56 Å². The normalized spacial score (nSPS) is 10.8. The van der Waals surface area contributed by atoms with Crippen molar-refractivity contribution in [3.8, 4) is 11.3 Å². The largest absolute Gasteiger partial charge is 0.465 e. The molecule has 0 atom stereocenters. The Balaban J connectivity index is 1.93. The number of pyridine rings is 1. The SMILES string of the molecule is CCn1nc(-c2ccc(C(=O)OC)cc2)c(C(C)=O)c(Nc2cncc3ccccc23)c1=O. The Labute approximate surface area is 189 Å². The van der Waals surface area contributed by atoms with Crippen LogP contribution in [0.25, 0.3) is 22.0 Å². The van der Waals surface area contributed by atoms with Crippen molar-refractivity contribution in [2.24, 2.45) is 0 Å². The quantitative estimate of drug-likeness (QED) is 0.352. The van der Waals surface area contributed by atoms with Gasteiger partial charge in [0.2, 0.25) is 0 Å². The van der Waals surface area contributed by atoms with E-state index in [1.807, 2.05) is 24.3 Å². The van der Waals surface area contributed by atoms with E-state index in [9.17, 15) is 14.4 Å². The number of nitrogens with one attached hydrogen (secondary N) is 1. The van der Waals surface area contributed by atoms with E-state index in [0.29, 0.717) is 29.1 Å². The summed E-state index contributed by atoms with van der Waals surface area (Å²) in [4.78, 5) is 42.1. The Morgan fingerprint density at radius 1 is 1.06 bits per heavy atom. The molecule has 0 aliphatic carbocycles. The van der Waals surface area contributed by atoms with Crippen molar-refractivity contribution in [1.82, 2.24) is 14.8 Å². The molecule has 8 heteroatoms. The minimum atomic E-state index is -0.467. The molecular formula is C25H22N4O4. The molecule has 33 heavy (non-hydrogen) atoms. The Morgan fingerprint density at radius 3 is 2.45 bits per heavy atom. The van der Waals surface area contributed by atoms with Crippen LogP contribution in [0.5, 0.6) is 0 Å². The summed E-state index contributed by atoms with van der Waals surface area (Å²) in [5.41, 5.74) is 1.80. The fourth-order valence-corrected chi connectivity index (χ4v) is 3.68. The third-order valence-corrected chi connectivity index (χ3v) is 5.31. The van der Waals surface area contributed by atoms with Crippen LogP contribution < -0.4 is 10.9 Å². The summed E-state index contributed by atoms with van der Waals surface area (Å²) in [7, 11) is 1.31. The summed E-state index contributed by atoms with van der Waals surface area (Å²) >= 11 is 0. The van der Waals surface area contributed by atoms with Gasteiger partial charge in [0.1, 0.15) is 11.4 Å². The molecule has 4 aromatic rings. The fourth-order valence-electron chi connectivity index (χ4n) is 3.68. The van der Waals surface area contributed by atoms with Crippen LogP contribution in [0.1, 0.15) is 34.6 Å². The number of fused-ring (bicyclic) bond motifs is 1. The van der Waals surface area contributed by atoms with Crippen LogP contribution in [0.15, 0.2) is 65.7 Å². The second-order valence-corrected chi connectivity index (χ2v) is 7.38. The zero-order chi connectivity index (χ0) is 23.5. The summed E-state index contributed by atoms with van der Waals surface area (Å²) < 4.78 is 6.05. The lowest BCUT2D eigenvalue weighted by molar-refractivity contribution is 0.0600. The molecule has 0 bridgehead atoms. The van der Waals surface area contributed by atoms with Crippen molar-refractivity contribution in [3.63, 3.8) is 0 Å². The standard InChI is InChI=1S/C25H22N4O4/c1-4-29-24(31)23(27-20-14-26-13-18-7-5-6-8-19(18)20)21(15(2)30)22(28-29)16-9-11-17(12-10-16)25(32)33-3/h5-14,27H,4H2,1-3H3. The van der Waals surface area contributed by atoms with Crippen LogP contribution in [0.4, 0.5) is 11.4 Å². The van der Waals surface area contributed by atoms with Crippen molar-refractivity contribution in [1.29, 1.82) is 0 Å². The zero-order valence-corrected chi connectivity index (χ0v) is 18.5. The number of benzene rings is 2. The molecule has 2 aromatic carbocycles. The lowest BCUT2D eigenvalue weighted by atomic mass is 10.0. The highest BCUT2D eigenvalue weighted by molar-refractivity contribution is 6.06. The molecule has 166 valence electrons. The minimum absolute atomic E-state index is 0.129. The van der Waals surface area contributed by atoms with E-state index in [0.717, 1.165) is 10.8 Å². The number of hydrogen-bond acceptors (Lipinski definition) is 7. The summed E-state index contributed by atoms with van der Waals surface area (Å²) in [6.45, 7) is 3.51. The third kappa shape index (κ3) is 4.10. The minimum Gasteiger partial charge on any atom is -0.465 e. The molecule has 0 saturated carbocycles. The van der Waals surface area contributed by atoms with Gasteiger partial charge in [-0.2, -0.15) is 5.10 Å². The number of esters is 1. The number of aromatic nitrogens is 3. The van der Waals surface area contributed by atoms with Crippen molar-refractivity contribution < 1.29 is 14.3 Å². The Kier molecular flexibility index (Phi) is 5.99. The molecule has 0 amide bonds. The molecule has 0 radical (unpaired) electrons. The number of aryl methyl sites for hydroxylation is 1. The van der Waals surface area contributed by atoms with Crippen LogP contribution in [-0.4, -0.2) is 33.6 Å². The first-order valence-corrected chi connectivity index (χ1v) is 10.4. The van der Waals surface area contributed by atoms with Gasteiger partial charge in [-0.05, 0) is 26.0 Å². The molecular weight excluding hydrogens is 420 g/mol.